The molecule has 0 fully saturated rings. The van der Waals surface area contributed by atoms with Crippen molar-refractivity contribution in [3.8, 4) is 0 Å². The average molecular weight is 299 g/mol. The molecular formula is C11H23ClN2O3S. The van der Waals surface area contributed by atoms with Gasteiger partial charge in [0, 0.05) is 18.5 Å². The molecule has 0 aromatic heterocycles. The highest BCUT2D eigenvalue weighted by molar-refractivity contribution is 7.89. The number of alkyl halides is 1. The Morgan fingerprint density at radius 2 is 1.89 bits per heavy atom. The summed E-state index contributed by atoms with van der Waals surface area (Å²) in [5, 5.41) is 2.68. The number of rotatable bonds is 8. The molecule has 0 spiro atoms. The molecule has 0 bridgehead atoms. The second-order valence-electron chi connectivity index (χ2n) is 4.69. The van der Waals surface area contributed by atoms with Gasteiger partial charge in [-0.05, 0) is 19.8 Å². The number of hydrogen-bond donors (Lipinski definition) is 1. The van der Waals surface area contributed by atoms with E-state index in [1.165, 1.54) is 4.31 Å². The molecule has 1 amide bonds. The number of nitrogens with zero attached hydrogens (tertiary/aromatic N) is 1. The number of amides is 1. The Morgan fingerprint density at radius 1 is 1.33 bits per heavy atom. The maximum absolute atomic E-state index is 12.0. The van der Waals surface area contributed by atoms with Crippen LogP contribution in [0.1, 0.15) is 27.7 Å². The van der Waals surface area contributed by atoms with Gasteiger partial charge in [0.15, 0.2) is 0 Å². The Labute approximate surface area is 115 Å². The van der Waals surface area contributed by atoms with Gasteiger partial charge in [-0.2, -0.15) is 4.31 Å². The first-order valence-electron chi connectivity index (χ1n) is 6.06. The molecular weight excluding hydrogens is 276 g/mol. The molecule has 0 aliphatic heterocycles. The minimum atomic E-state index is -3.43. The van der Waals surface area contributed by atoms with E-state index in [-0.39, 0.29) is 42.6 Å². The molecule has 7 heteroatoms. The summed E-state index contributed by atoms with van der Waals surface area (Å²) in [4.78, 5) is 11.6. The number of halogens is 1. The van der Waals surface area contributed by atoms with Crippen LogP contribution >= 0.6 is 11.6 Å². The maximum atomic E-state index is 12.0. The highest BCUT2D eigenvalue weighted by Gasteiger charge is 2.25. The number of hydrogen-bond acceptors (Lipinski definition) is 3. The van der Waals surface area contributed by atoms with Crippen LogP contribution in [0.25, 0.3) is 0 Å². The van der Waals surface area contributed by atoms with Crippen LogP contribution in [0.5, 0.6) is 0 Å². The van der Waals surface area contributed by atoms with Gasteiger partial charge in [0.25, 0.3) is 0 Å². The van der Waals surface area contributed by atoms with E-state index >= 15 is 0 Å². The summed E-state index contributed by atoms with van der Waals surface area (Å²) < 4.78 is 25.3. The second-order valence-corrected chi connectivity index (χ2v) is 7.01. The average Bonchev–Trinajstić information content (AvgIpc) is 2.23. The zero-order chi connectivity index (χ0) is 14.3. The zero-order valence-corrected chi connectivity index (χ0v) is 13.0. The van der Waals surface area contributed by atoms with Gasteiger partial charge in [-0.15, -0.1) is 11.6 Å². The molecule has 0 aromatic rings. The molecule has 0 rings (SSSR count). The molecule has 1 unspecified atom stereocenters. The van der Waals surface area contributed by atoms with Gasteiger partial charge in [-0.25, -0.2) is 8.42 Å². The van der Waals surface area contributed by atoms with Crippen LogP contribution < -0.4 is 5.32 Å². The molecule has 1 atom stereocenters. The first kappa shape index (κ1) is 17.7. The van der Waals surface area contributed by atoms with Crippen LogP contribution in [0, 0.1) is 5.92 Å². The second kappa shape index (κ2) is 7.96. The van der Waals surface area contributed by atoms with E-state index in [0.717, 1.165) is 0 Å². The third-order valence-corrected chi connectivity index (χ3v) is 4.97. The normalized spacial score (nSPS) is 13.9. The summed E-state index contributed by atoms with van der Waals surface area (Å²) in [6, 6.07) is 0.000626. The lowest BCUT2D eigenvalue weighted by molar-refractivity contribution is -0.121. The Bertz CT molecular complexity index is 357. The van der Waals surface area contributed by atoms with Gasteiger partial charge in [-0.1, -0.05) is 13.8 Å². The summed E-state index contributed by atoms with van der Waals surface area (Å²) in [7, 11) is -3.43. The number of likely N-dealkylation sites (N-methyl/N-ethyl adjacent to an activating group) is 1. The lowest BCUT2D eigenvalue weighted by Crippen LogP contribution is -2.44. The summed E-state index contributed by atoms with van der Waals surface area (Å²) in [5.41, 5.74) is 0. The Balaban J connectivity index is 4.61. The first-order chi connectivity index (χ1) is 8.22. The van der Waals surface area contributed by atoms with Gasteiger partial charge >= 0.3 is 0 Å². The lowest BCUT2D eigenvalue weighted by atomic mass is 10.3. The summed E-state index contributed by atoms with van der Waals surface area (Å²) in [6.45, 7) is 7.30. The van der Waals surface area contributed by atoms with E-state index in [2.05, 4.69) is 5.32 Å². The quantitative estimate of drug-likeness (QED) is 0.681. The number of carbonyl (C=O) groups is 1. The zero-order valence-electron chi connectivity index (χ0n) is 11.4. The first-order valence-corrected chi connectivity index (χ1v) is 8.20. The van der Waals surface area contributed by atoms with E-state index in [4.69, 9.17) is 11.6 Å². The molecule has 0 heterocycles. The summed E-state index contributed by atoms with van der Waals surface area (Å²) >= 11 is 5.62. The minimum Gasteiger partial charge on any atom is -0.353 e. The molecule has 0 saturated heterocycles. The van der Waals surface area contributed by atoms with Crippen LogP contribution in [-0.2, 0) is 14.8 Å². The number of sulfonamides is 1. The minimum absolute atomic E-state index is 0.000626. The predicted molar refractivity (Wildman–Crippen MR) is 74.2 cm³/mol. The van der Waals surface area contributed by atoms with Crippen LogP contribution in [0.2, 0.25) is 0 Å². The van der Waals surface area contributed by atoms with Crippen molar-refractivity contribution in [2.45, 2.75) is 33.7 Å². The molecule has 0 aromatic carbocycles. The predicted octanol–water partition coefficient (Wildman–Crippen LogP) is 1.04. The maximum Gasteiger partial charge on any atom is 0.235 e. The van der Waals surface area contributed by atoms with Crippen molar-refractivity contribution in [3.05, 3.63) is 0 Å². The molecule has 1 N–H and O–H groups in total. The van der Waals surface area contributed by atoms with Crippen LogP contribution in [-0.4, -0.2) is 49.4 Å². The van der Waals surface area contributed by atoms with Crippen LogP contribution in [0.4, 0.5) is 0 Å². The van der Waals surface area contributed by atoms with E-state index in [1.54, 1.807) is 13.8 Å². The van der Waals surface area contributed by atoms with Crippen LogP contribution in [0.3, 0.4) is 0 Å². The third kappa shape index (κ3) is 6.56. The largest absolute Gasteiger partial charge is 0.353 e. The van der Waals surface area contributed by atoms with Crippen LogP contribution in [0.15, 0.2) is 0 Å². The summed E-state index contributed by atoms with van der Waals surface area (Å²) in [5.74, 6) is -0.151. The molecule has 18 heavy (non-hydrogen) atoms. The van der Waals surface area contributed by atoms with Crippen molar-refractivity contribution < 1.29 is 13.2 Å². The SMILES string of the molecule is CCN(CC(=O)NC(C)C)S(=O)(=O)CC(C)CCl. The molecule has 108 valence electrons. The Kier molecular flexibility index (Phi) is 7.82. The van der Waals surface area contributed by atoms with E-state index < -0.39 is 10.0 Å². The van der Waals surface area contributed by atoms with Gasteiger partial charge in [-0.3, -0.25) is 4.79 Å². The van der Waals surface area contributed by atoms with Crippen molar-refractivity contribution in [1.29, 1.82) is 0 Å². The fraction of sp³-hybridized carbons (Fsp3) is 0.909. The van der Waals surface area contributed by atoms with Crippen molar-refractivity contribution in [2.24, 2.45) is 5.92 Å². The molecule has 0 saturated carbocycles. The molecule has 0 aliphatic rings. The standard InChI is InChI=1S/C11H23ClN2O3S/c1-5-14(7-11(15)13-9(2)3)18(16,17)8-10(4)6-12/h9-10H,5-8H2,1-4H3,(H,13,15). The van der Waals surface area contributed by atoms with E-state index in [9.17, 15) is 13.2 Å². The number of carbonyl (C=O) groups excluding carboxylic acids is 1. The highest BCUT2D eigenvalue weighted by Crippen LogP contribution is 2.08. The van der Waals surface area contributed by atoms with Crippen molar-refractivity contribution in [1.82, 2.24) is 9.62 Å². The van der Waals surface area contributed by atoms with Gasteiger partial charge in [0.05, 0.1) is 12.3 Å². The molecule has 5 nitrogen and oxygen atoms in total. The smallest absolute Gasteiger partial charge is 0.235 e. The van der Waals surface area contributed by atoms with Gasteiger partial charge < -0.3 is 5.32 Å². The van der Waals surface area contributed by atoms with E-state index in [0.29, 0.717) is 0 Å². The topological polar surface area (TPSA) is 66.5 Å². The van der Waals surface area contributed by atoms with Gasteiger partial charge in [0.2, 0.25) is 15.9 Å². The van der Waals surface area contributed by atoms with Gasteiger partial charge in [0.1, 0.15) is 0 Å². The molecule has 0 aliphatic carbocycles. The van der Waals surface area contributed by atoms with Crippen molar-refractivity contribution in [3.63, 3.8) is 0 Å². The fourth-order valence-corrected chi connectivity index (χ4v) is 3.44. The lowest BCUT2D eigenvalue weighted by Gasteiger charge is -2.22. The third-order valence-electron chi connectivity index (χ3n) is 2.27. The number of nitrogens with one attached hydrogen (secondary N) is 1. The summed E-state index contributed by atoms with van der Waals surface area (Å²) in [6.07, 6.45) is 0. The van der Waals surface area contributed by atoms with E-state index in [1.807, 2.05) is 13.8 Å². The van der Waals surface area contributed by atoms with Crippen molar-refractivity contribution >= 4 is 27.5 Å². The Morgan fingerprint density at radius 3 is 2.28 bits per heavy atom. The Hall–Kier alpha value is -0.330. The fourth-order valence-electron chi connectivity index (χ4n) is 1.44. The molecule has 0 radical (unpaired) electrons. The monoisotopic (exact) mass is 298 g/mol. The van der Waals surface area contributed by atoms with Crippen molar-refractivity contribution in [2.75, 3.05) is 24.7 Å². The highest BCUT2D eigenvalue weighted by atomic mass is 35.5.